The Balaban J connectivity index is 1.40. The lowest BCUT2D eigenvalue weighted by molar-refractivity contribution is 0.312. The van der Waals surface area contributed by atoms with Gasteiger partial charge in [-0.2, -0.15) is 0 Å². The number of nitrogens with zero attached hydrogens (tertiary/aromatic N) is 3. The van der Waals surface area contributed by atoms with Crippen molar-refractivity contribution in [2.24, 2.45) is 5.73 Å². The van der Waals surface area contributed by atoms with Gasteiger partial charge in [-0.3, -0.25) is 0 Å². The maximum absolute atomic E-state index is 6.04. The lowest BCUT2D eigenvalue weighted by Gasteiger charge is -2.26. The summed E-state index contributed by atoms with van der Waals surface area (Å²) in [6, 6.07) is 17.9. The van der Waals surface area contributed by atoms with Gasteiger partial charge in [0.05, 0.1) is 18.3 Å². The van der Waals surface area contributed by atoms with E-state index in [2.05, 4.69) is 34.4 Å². The van der Waals surface area contributed by atoms with Gasteiger partial charge in [0.25, 0.3) is 0 Å². The van der Waals surface area contributed by atoms with Crippen LogP contribution in [-0.4, -0.2) is 35.6 Å². The first-order valence-corrected chi connectivity index (χ1v) is 11.4. The van der Waals surface area contributed by atoms with Crippen LogP contribution in [0.2, 0.25) is 0 Å². The Labute approximate surface area is 199 Å². The minimum Gasteiger partial charge on any atom is -0.495 e. The van der Waals surface area contributed by atoms with Crippen molar-refractivity contribution in [1.82, 2.24) is 14.9 Å². The summed E-state index contributed by atoms with van der Waals surface area (Å²) in [5.74, 6) is 2.76. The molecule has 34 heavy (non-hydrogen) atoms. The number of hydrogen-bond acceptors (Lipinski definition) is 7. The minimum atomic E-state index is -0.00742. The highest BCUT2D eigenvalue weighted by Crippen LogP contribution is 2.33. The number of fused-ring (bicyclic) bond motifs is 2. The Morgan fingerprint density at radius 1 is 1.03 bits per heavy atom. The molecule has 3 N–H and O–H groups in total. The van der Waals surface area contributed by atoms with Crippen LogP contribution in [0.4, 0.5) is 11.6 Å². The SMILES string of the molecule is COc1cc2c(cc1Nc1ncc3ccc(Oc4ccc([C@H](C)N)cc4)cc3n1)CN(C)CC2. The van der Waals surface area contributed by atoms with Crippen LogP contribution in [0, 0.1) is 0 Å². The van der Waals surface area contributed by atoms with Gasteiger partial charge < -0.3 is 25.4 Å². The fourth-order valence-electron chi connectivity index (χ4n) is 4.22. The Morgan fingerprint density at radius 2 is 1.82 bits per heavy atom. The molecule has 0 amide bonds. The summed E-state index contributed by atoms with van der Waals surface area (Å²) >= 11 is 0. The van der Waals surface area contributed by atoms with Gasteiger partial charge in [0.1, 0.15) is 17.2 Å². The lowest BCUT2D eigenvalue weighted by atomic mass is 9.99. The van der Waals surface area contributed by atoms with Gasteiger partial charge in [-0.15, -0.1) is 0 Å². The number of hydrogen-bond donors (Lipinski definition) is 2. The minimum absolute atomic E-state index is 0.00742. The average Bonchev–Trinajstić information content (AvgIpc) is 2.83. The molecule has 2 heterocycles. The van der Waals surface area contributed by atoms with Crippen molar-refractivity contribution in [1.29, 1.82) is 0 Å². The van der Waals surface area contributed by atoms with E-state index in [1.54, 1.807) is 7.11 Å². The summed E-state index contributed by atoms with van der Waals surface area (Å²) in [6.07, 6.45) is 2.83. The van der Waals surface area contributed by atoms with Gasteiger partial charge in [-0.1, -0.05) is 12.1 Å². The highest BCUT2D eigenvalue weighted by atomic mass is 16.5. The molecule has 0 bridgehead atoms. The Bertz CT molecular complexity index is 1320. The smallest absolute Gasteiger partial charge is 0.227 e. The molecule has 4 aromatic rings. The molecule has 1 atom stereocenters. The molecule has 0 radical (unpaired) electrons. The first-order valence-electron chi connectivity index (χ1n) is 11.4. The van der Waals surface area contributed by atoms with Gasteiger partial charge in [0.15, 0.2) is 0 Å². The quantitative estimate of drug-likeness (QED) is 0.414. The largest absolute Gasteiger partial charge is 0.495 e. The molecule has 0 aliphatic carbocycles. The maximum Gasteiger partial charge on any atom is 0.227 e. The first-order chi connectivity index (χ1) is 16.5. The van der Waals surface area contributed by atoms with Crippen LogP contribution in [0.15, 0.2) is 60.8 Å². The second-order valence-corrected chi connectivity index (χ2v) is 8.81. The van der Waals surface area contributed by atoms with E-state index in [9.17, 15) is 0 Å². The van der Waals surface area contributed by atoms with E-state index < -0.39 is 0 Å². The predicted molar refractivity (Wildman–Crippen MR) is 135 cm³/mol. The number of likely N-dealkylation sites (N-methyl/N-ethyl adjacent to an activating group) is 1. The standard InChI is InChI=1S/C27H29N5O2/c1-17(28)18-4-7-22(8-5-18)34-23-9-6-20-15-29-27(30-24(20)14-23)31-25-12-21-16-32(2)11-10-19(21)13-26(25)33-3/h4-9,12-15,17H,10-11,16,28H2,1-3H3,(H,29,30,31)/t17-/m0/s1. The van der Waals surface area contributed by atoms with Gasteiger partial charge in [0, 0.05) is 36.8 Å². The average molecular weight is 456 g/mol. The van der Waals surface area contributed by atoms with E-state index in [4.69, 9.17) is 20.2 Å². The van der Waals surface area contributed by atoms with E-state index >= 15 is 0 Å². The number of aromatic nitrogens is 2. The van der Waals surface area contributed by atoms with Crippen LogP contribution in [0.3, 0.4) is 0 Å². The van der Waals surface area contributed by atoms with Crippen molar-refractivity contribution in [2.45, 2.75) is 25.9 Å². The number of benzene rings is 3. The van der Waals surface area contributed by atoms with Gasteiger partial charge in [0.2, 0.25) is 5.95 Å². The van der Waals surface area contributed by atoms with Crippen LogP contribution < -0.4 is 20.5 Å². The maximum atomic E-state index is 6.04. The molecule has 7 heteroatoms. The monoisotopic (exact) mass is 455 g/mol. The zero-order chi connectivity index (χ0) is 23.7. The summed E-state index contributed by atoms with van der Waals surface area (Å²) in [6.45, 7) is 3.93. The molecule has 1 aliphatic heterocycles. The number of methoxy groups -OCH3 is 1. The molecule has 7 nitrogen and oxygen atoms in total. The molecule has 1 aromatic heterocycles. The van der Waals surface area contributed by atoms with E-state index in [-0.39, 0.29) is 6.04 Å². The summed E-state index contributed by atoms with van der Waals surface area (Å²) in [4.78, 5) is 11.5. The third kappa shape index (κ3) is 4.66. The van der Waals surface area contributed by atoms with E-state index in [1.165, 1.54) is 11.1 Å². The van der Waals surface area contributed by atoms with Gasteiger partial charge in [-0.25, -0.2) is 9.97 Å². The number of rotatable bonds is 6. The zero-order valence-electron chi connectivity index (χ0n) is 19.7. The van der Waals surface area contributed by atoms with Crippen molar-refractivity contribution in [3.05, 3.63) is 77.5 Å². The molecular weight excluding hydrogens is 426 g/mol. The number of anilines is 2. The lowest BCUT2D eigenvalue weighted by Crippen LogP contribution is -2.26. The van der Waals surface area contributed by atoms with Crippen molar-refractivity contribution in [3.63, 3.8) is 0 Å². The van der Waals surface area contributed by atoms with Crippen molar-refractivity contribution in [3.8, 4) is 17.2 Å². The molecule has 0 saturated carbocycles. The first kappa shape index (κ1) is 22.1. The van der Waals surface area contributed by atoms with E-state index in [0.717, 1.165) is 53.2 Å². The predicted octanol–water partition coefficient (Wildman–Crippen LogP) is 5.18. The van der Waals surface area contributed by atoms with Crippen molar-refractivity contribution >= 4 is 22.5 Å². The van der Waals surface area contributed by atoms with Crippen LogP contribution in [-0.2, 0) is 13.0 Å². The summed E-state index contributed by atoms with van der Waals surface area (Å²) < 4.78 is 11.7. The Morgan fingerprint density at radius 3 is 2.59 bits per heavy atom. The van der Waals surface area contributed by atoms with Crippen LogP contribution in [0.5, 0.6) is 17.2 Å². The van der Waals surface area contributed by atoms with Crippen molar-refractivity contribution in [2.75, 3.05) is 26.0 Å². The summed E-state index contributed by atoms with van der Waals surface area (Å²) in [5, 5.41) is 4.28. The molecule has 0 saturated heterocycles. The number of nitrogens with one attached hydrogen (secondary N) is 1. The molecule has 0 unspecified atom stereocenters. The van der Waals surface area contributed by atoms with Crippen LogP contribution in [0.25, 0.3) is 10.9 Å². The van der Waals surface area contributed by atoms with Crippen LogP contribution >= 0.6 is 0 Å². The Hall–Kier alpha value is -3.68. The third-order valence-electron chi connectivity index (χ3n) is 6.17. The highest BCUT2D eigenvalue weighted by Gasteiger charge is 2.17. The van der Waals surface area contributed by atoms with Gasteiger partial charge in [-0.05, 0) is 73.5 Å². The Kier molecular flexibility index (Phi) is 6.04. The topological polar surface area (TPSA) is 85.5 Å². The summed E-state index contributed by atoms with van der Waals surface area (Å²) in [7, 11) is 3.83. The second kappa shape index (κ2) is 9.29. The normalized spacial score (nSPS) is 14.5. The fraction of sp³-hybridized carbons (Fsp3) is 0.259. The highest BCUT2D eigenvalue weighted by molar-refractivity contribution is 5.81. The molecule has 3 aromatic carbocycles. The van der Waals surface area contributed by atoms with E-state index in [1.807, 2.05) is 55.6 Å². The molecule has 5 rings (SSSR count). The van der Waals surface area contributed by atoms with Crippen molar-refractivity contribution < 1.29 is 9.47 Å². The fourth-order valence-corrected chi connectivity index (χ4v) is 4.22. The van der Waals surface area contributed by atoms with E-state index in [0.29, 0.717) is 11.7 Å². The number of ether oxygens (including phenoxy) is 2. The second-order valence-electron chi connectivity index (χ2n) is 8.81. The summed E-state index contributed by atoms with van der Waals surface area (Å²) in [5.41, 5.74) is 11.3. The molecular formula is C27H29N5O2. The van der Waals surface area contributed by atoms with Gasteiger partial charge >= 0.3 is 0 Å². The number of nitrogens with two attached hydrogens (primary N) is 1. The zero-order valence-corrected chi connectivity index (χ0v) is 19.7. The molecule has 0 spiro atoms. The van der Waals surface area contributed by atoms with Crippen LogP contribution in [0.1, 0.15) is 29.7 Å². The molecule has 174 valence electrons. The third-order valence-corrected chi connectivity index (χ3v) is 6.17. The molecule has 1 aliphatic rings. The molecule has 0 fully saturated rings.